The monoisotopic (exact) mass is 662 g/mol. The largest absolute Gasteiger partial charge is 0 e. The van der Waals surface area contributed by atoms with Crippen LogP contribution in [0.15, 0.2) is 51.3 Å². The fourth-order valence-electron chi connectivity index (χ4n) is 2.38. The van der Waals surface area contributed by atoms with Crippen LogP contribution in [0.1, 0.15) is 45.7 Å². The first kappa shape index (κ1) is 42.2. The van der Waals surface area contributed by atoms with Gasteiger partial charge in [0.25, 0.3) is 0 Å². The summed E-state index contributed by atoms with van der Waals surface area (Å²) >= 11 is 0. The molecule has 1 aromatic rings. The Morgan fingerprint density at radius 3 is 1.12 bits per heavy atom. The Hall–Kier alpha value is -2.02. The first-order valence-corrected chi connectivity index (χ1v) is 9.30. The van der Waals surface area contributed by atoms with E-state index in [9.17, 15) is 13.2 Å². The van der Waals surface area contributed by atoms with E-state index in [4.69, 9.17) is 23.3 Å². The summed E-state index contributed by atoms with van der Waals surface area (Å²) in [4.78, 5) is 0. The second kappa shape index (κ2) is 24.1. The zero-order chi connectivity index (χ0) is 27.4. The molecule has 0 bridgehead atoms. The van der Waals surface area contributed by atoms with E-state index in [1.54, 1.807) is 0 Å². The number of allylic oxidation sites excluding steroid dienone is 4. The molecule has 0 fully saturated rings. The number of hydrogen-bond acceptors (Lipinski definition) is 1. The van der Waals surface area contributed by atoms with Gasteiger partial charge in [0, 0.05) is 32.5 Å². The first-order chi connectivity index (χ1) is 15.6. The molecule has 1 aliphatic carbocycles. The number of hydrogen-bond donors (Lipinski definition) is 0. The van der Waals surface area contributed by atoms with Crippen molar-refractivity contribution in [1.82, 2.24) is 0 Å². The van der Waals surface area contributed by atoms with Crippen molar-refractivity contribution in [3.8, 4) is 0 Å². The first-order valence-electron chi connectivity index (χ1n) is 8.36. The Bertz CT molecular complexity index is 866. The maximum atomic E-state index is 12.1. The molecule has 0 N–H and O–H groups in total. The number of benzene rings is 1. The van der Waals surface area contributed by atoms with Gasteiger partial charge in [-0.15, -0.1) is 0 Å². The van der Waals surface area contributed by atoms with Crippen molar-refractivity contribution in [3.63, 3.8) is 0 Å². The maximum absolute atomic E-state index is 12.1. The van der Waals surface area contributed by atoms with Crippen molar-refractivity contribution in [2.45, 2.75) is 40.8 Å². The smallest absolute Gasteiger partial charge is 0 e. The zero-order valence-electron chi connectivity index (χ0n) is 18.8. The summed E-state index contributed by atoms with van der Waals surface area (Å²) in [6.45, 7) is 33.5. The molecular formula is C23H20F3NO5PW. The average Bonchev–Trinajstić information content (AvgIpc) is 3.71. The van der Waals surface area contributed by atoms with Crippen LogP contribution < -0.4 is 0 Å². The molecule has 3 rings (SSSR count). The third-order valence-corrected chi connectivity index (χ3v) is 5.26. The van der Waals surface area contributed by atoms with Crippen LogP contribution in [0.2, 0.25) is 0 Å². The van der Waals surface area contributed by atoms with Gasteiger partial charge in [-0.2, -0.15) is 13.2 Å². The molecule has 0 amide bonds. The van der Waals surface area contributed by atoms with Crippen molar-refractivity contribution in [1.29, 1.82) is 0 Å². The Morgan fingerprint density at radius 1 is 0.647 bits per heavy atom. The van der Waals surface area contributed by atoms with E-state index >= 15 is 0 Å². The third kappa shape index (κ3) is 15.0. The summed E-state index contributed by atoms with van der Waals surface area (Å²) in [5.41, 5.74) is 6.97. The van der Waals surface area contributed by atoms with Crippen LogP contribution in [0, 0.1) is 39.2 Å². The summed E-state index contributed by atoms with van der Waals surface area (Å²) in [6.07, 6.45) is -4.24. The van der Waals surface area contributed by atoms with E-state index in [2.05, 4.69) is 72.6 Å². The molecule has 0 aromatic heterocycles. The number of alkyl halides is 3. The van der Waals surface area contributed by atoms with Crippen molar-refractivity contribution in [2.75, 3.05) is 0 Å². The van der Waals surface area contributed by atoms with Crippen LogP contribution in [0.25, 0.3) is 0 Å². The number of rotatable bonds is 1. The summed E-state index contributed by atoms with van der Waals surface area (Å²) in [5.74, 6) is 1.47. The summed E-state index contributed by atoms with van der Waals surface area (Å²) in [6, 6.07) is 5.09. The molecule has 6 nitrogen and oxygen atoms in total. The second-order valence-corrected chi connectivity index (χ2v) is 6.69. The third-order valence-electron chi connectivity index (χ3n) is 4.52. The second-order valence-electron chi connectivity index (χ2n) is 5.77. The molecular weight excluding hydrogens is 642 g/mol. The molecule has 1 radical (unpaired) electrons. The van der Waals surface area contributed by atoms with E-state index in [1.807, 2.05) is 0 Å². The Balaban J connectivity index is -0.000000120. The van der Waals surface area contributed by atoms with Gasteiger partial charge in [-0.05, 0) is 51.0 Å². The molecule has 1 aliphatic heterocycles. The zero-order valence-corrected chi connectivity index (χ0v) is 22.8. The quantitative estimate of drug-likeness (QED) is 0.196. The van der Waals surface area contributed by atoms with Gasteiger partial charge in [0.05, 0.1) is 19.7 Å². The molecule has 0 saturated heterocycles. The topological polar surface area (TPSA) is 112 Å². The Kier molecular flexibility index (Phi) is 29.9. The van der Waals surface area contributed by atoms with Crippen LogP contribution in [0.5, 0.6) is 0 Å². The molecule has 0 saturated carbocycles. The minimum absolute atomic E-state index is 0. The summed E-state index contributed by atoms with van der Waals surface area (Å²) < 4.78 is 77.8. The molecule has 0 spiro atoms. The molecule has 1 aromatic carbocycles. The van der Waals surface area contributed by atoms with Crippen molar-refractivity contribution in [2.24, 2.45) is 4.76 Å². The molecule has 2 aliphatic rings. The Morgan fingerprint density at radius 2 is 0.941 bits per heavy atom. The Labute approximate surface area is 213 Å². The fraction of sp³-hybridized carbons (Fsp3) is 0.261. The molecule has 179 valence electrons. The van der Waals surface area contributed by atoms with Gasteiger partial charge in [0.1, 0.15) is 0 Å². The van der Waals surface area contributed by atoms with E-state index < -0.39 is 11.7 Å². The van der Waals surface area contributed by atoms with E-state index in [0.717, 1.165) is 23.1 Å². The minimum atomic E-state index is -4.24. The minimum Gasteiger partial charge on any atom is 0 e. The van der Waals surface area contributed by atoms with Crippen molar-refractivity contribution in [3.05, 3.63) is 96.9 Å². The predicted molar refractivity (Wildman–Crippen MR) is 112 cm³/mol. The van der Waals surface area contributed by atoms with Gasteiger partial charge in [0.15, 0.2) is 0 Å². The predicted octanol–water partition coefficient (Wildman–Crippen LogP) is 6.14. The maximum Gasteiger partial charge on any atom is 0 e. The fourth-order valence-corrected chi connectivity index (χ4v) is 2.86. The molecule has 1 unspecified atom stereocenters. The van der Waals surface area contributed by atoms with Gasteiger partial charge >= 0.3 is 62.7 Å². The van der Waals surface area contributed by atoms with Gasteiger partial charge in [-0.3, -0.25) is 4.76 Å². The van der Waals surface area contributed by atoms with Crippen LogP contribution in [-0.2, 0) is 50.5 Å². The molecule has 34 heavy (non-hydrogen) atoms. The van der Waals surface area contributed by atoms with E-state index in [-0.39, 0.29) is 21.1 Å². The number of nitrogens with zero attached hydrogens (tertiary/aromatic N) is 1. The van der Waals surface area contributed by atoms with Crippen LogP contribution >= 0.6 is 8.73 Å². The molecule has 11 heteroatoms. The van der Waals surface area contributed by atoms with Crippen molar-refractivity contribution >= 4 is 14.2 Å². The van der Waals surface area contributed by atoms with E-state index in [0.29, 0.717) is 8.73 Å². The normalized spacial score (nSPS) is 13.2. The van der Waals surface area contributed by atoms with Crippen LogP contribution in [0.3, 0.4) is 0 Å². The molecule has 1 atom stereocenters. The van der Waals surface area contributed by atoms with Gasteiger partial charge in [0.2, 0.25) is 0 Å². The van der Waals surface area contributed by atoms with Gasteiger partial charge < -0.3 is 0 Å². The number of halogens is 3. The van der Waals surface area contributed by atoms with Gasteiger partial charge in [-0.25, -0.2) is 0 Å². The summed E-state index contributed by atoms with van der Waals surface area (Å²) in [5, 5.41) is 0. The summed E-state index contributed by atoms with van der Waals surface area (Å²) in [7, 11) is 0.446. The van der Waals surface area contributed by atoms with Gasteiger partial charge in [-0.1, -0.05) is 30.2 Å². The molecule has 1 heterocycles. The SMILES string of the molecule is C[C]1C(C)=C(C)C(C)=C1C.FC(F)(F)c1ccc(C2=NP2)cc1.[C-]#[O+].[C-]#[O+].[C-]#[O+].[C-]#[O+].[C-]#[O+].[W]. The van der Waals surface area contributed by atoms with E-state index in [1.165, 1.54) is 40.3 Å². The average molecular weight is 662 g/mol. The standard InChI is InChI=1S/C10H15.C8H5F3NP.5CO.W/c1-6-7(2)9(4)10(5)8(6)3;9-8(10,11)6-3-1-5(2-4-6)7-12-13-7;5*1-2;/h1-5H3;1-4,13H;;;;;;. The van der Waals surface area contributed by atoms with Crippen LogP contribution in [0.4, 0.5) is 13.2 Å². The van der Waals surface area contributed by atoms with Crippen molar-refractivity contribution < 1.29 is 57.5 Å². The van der Waals surface area contributed by atoms with Crippen LogP contribution in [-0.4, -0.2) is 5.45 Å².